The van der Waals surface area contributed by atoms with Gasteiger partial charge in [-0.3, -0.25) is 0 Å². The fourth-order valence-corrected chi connectivity index (χ4v) is 5.71. The highest BCUT2D eigenvalue weighted by Gasteiger charge is 2.46. The van der Waals surface area contributed by atoms with E-state index in [0.717, 1.165) is 31.0 Å². The van der Waals surface area contributed by atoms with Crippen molar-refractivity contribution in [2.75, 3.05) is 29.5 Å². The summed E-state index contributed by atoms with van der Waals surface area (Å²) in [6.07, 6.45) is 4.13. The average molecular weight is 463 g/mol. The molecule has 5 rings (SSSR count). The number of anilines is 3. The first-order valence-electron chi connectivity index (χ1n) is 10.7. The number of piperidine rings is 1. The number of hydrogen-bond donors (Lipinski definition) is 3. The van der Waals surface area contributed by atoms with E-state index in [1.165, 1.54) is 23.4 Å². The Kier molecular flexibility index (Phi) is 5.31. The van der Waals surface area contributed by atoms with Crippen LogP contribution in [-0.2, 0) is 6.42 Å². The van der Waals surface area contributed by atoms with Crippen LogP contribution in [0.1, 0.15) is 35.7 Å². The Morgan fingerprint density at radius 2 is 1.88 bits per heavy atom. The first-order valence-corrected chi connectivity index (χ1v) is 11.5. The Hall–Kier alpha value is -3.42. The summed E-state index contributed by atoms with van der Waals surface area (Å²) in [5.41, 5.74) is 21.1. The molecule has 0 bridgehead atoms. The molecule has 3 heterocycles. The van der Waals surface area contributed by atoms with Gasteiger partial charge in [-0.2, -0.15) is 5.26 Å². The number of aromatic nitrogens is 3. The average Bonchev–Trinajstić information content (AvgIpc) is 3.09. The molecule has 1 aliphatic heterocycles. The molecule has 168 valence electrons. The summed E-state index contributed by atoms with van der Waals surface area (Å²) < 4.78 is 14.3. The molecule has 1 spiro atoms. The van der Waals surface area contributed by atoms with Crippen LogP contribution in [0.25, 0.3) is 0 Å². The largest absolute Gasteiger partial charge is 0.381 e. The minimum absolute atomic E-state index is 0.00362. The van der Waals surface area contributed by atoms with Crippen LogP contribution in [0.3, 0.4) is 0 Å². The number of benzene rings is 1. The molecule has 33 heavy (non-hydrogen) atoms. The molecule has 1 fully saturated rings. The molecular weight excluding hydrogens is 439 g/mol. The van der Waals surface area contributed by atoms with Crippen molar-refractivity contribution in [3.05, 3.63) is 59.2 Å². The highest BCUT2D eigenvalue weighted by atomic mass is 32.2. The number of rotatable bonds is 3. The molecule has 1 atom stereocenters. The molecule has 3 aromatic rings. The van der Waals surface area contributed by atoms with Gasteiger partial charge in [-0.25, -0.2) is 19.3 Å². The molecule has 2 aromatic heterocycles. The number of halogens is 1. The van der Waals surface area contributed by atoms with E-state index in [9.17, 15) is 9.65 Å². The van der Waals surface area contributed by atoms with Crippen molar-refractivity contribution < 1.29 is 4.39 Å². The molecule has 8 nitrogen and oxygen atoms in total. The molecule has 2 aliphatic rings. The number of nitrogens with two attached hydrogens (primary N) is 3. The summed E-state index contributed by atoms with van der Waals surface area (Å²) >= 11 is 0.969. The van der Waals surface area contributed by atoms with Crippen LogP contribution in [0.2, 0.25) is 0 Å². The highest BCUT2D eigenvalue weighted by molar-refractivity contribution is 7.99. The standard InChI is InChI=1S/C23H23FN8S/c24-17-16(5-8-29-19(17)27)33-22-20(28)31-21(15(12-25)30-22)32-9-6-23(7-10-32)11-13-3-1-2-4-14(13)18(23)26/h1-5,8,18H,6-7,9-11,26H2,(H2,27,29)(H2,28,31)/t18-/m1/s1. The first-order chi connectivity index (χ1) is 15.9. The van der Waals surface area contributed by atoms with Gasteiger partial charge in [0.2, 0.25) is 0 Å². The van der Waals surface area contributed by atoms with E-state index in [2.05, 4.69) is 39.2 Å². The van der Waals surface area contributed by atoms with E-state index in [-0.39, 0.29) is 38.7 Å². The Bertz CT molecular complexity index is 1270. The Morgan fingerprint density at radius 1 is 1.12 bits per heavy atom. The van der Waals surface area contributed by atoms with Crippen molar-refractivity contribution in [3.8, 4) is 6.07 Å². The summed E-state index contributed by atoms with van der Waals surface area (Å²) in [5, 5.41) is 9.99. The quantitative estimate of drug-likeness (QED) is 0.535. The summed E-state index contributed by atoms with van der Waals surface area (Å²) in [6, 6.07) is 12.0. The minimum atomic E-state index is -0.651. The van der Waals surface area contributed by atoms with Gasteiger partial charge < -0.3 is 22.1 Å². The number of nitriles is 1. The Morgan fingerprint density at radius 3 is 2.61 bits per heavy atom. The molecular formula is C23H23FN8S. The zero-order chi connectivity index (χ0) is 23.2. The van der Waals surface area contributed by atoms with Gasteiger partial charge in [0, 0.05) is 25.3 Å². The van der Waals surface area contributed by atoms with Gasteiger partial charge in [-0.15, -0.1) is 0 Å². The Labute approximate surface area is 195 Å². The van der Waals surface area contributed by atoms with Crippen molar-refractivity contribution in [2.45, 2.75) is 35.2 Å². The maximum absolute atomic E-state index is 14.3. The van der Waals surface area contributed by atoms with Crippen LogP contribution in [-0.4, -0.2) is 28.0 Å². The lowest BCUT2D eigenvalue weighted by Crippen LogP contribution is -2.45. The molecule has 10 heteroatoms. The van der Waals surface area contributed by atoms with Crippen molar-refractivity contribution in [1.29, 1.82) is 5.26 Å². The van der Waals surface area contributed by atoms with Gasteiger partial charge in [0.05, 0.1) is 4.90 Å². The van der Waals surface area contributed by atoms with Crippen LogP contribution in [0.4, 0.5) is 21.8 Å². The van der Waals surface area contributed by atoms with E-state index in [4.69, 9.17) is 17.2 Å². The van der Waals surface area contributed by atoms with Gasteiger partial charge in [-0.1, -0.05) is 36.0 Å². The monoisotopic (exact) mass is 462 g/mol. The number of fused-ring (bicyclic) bond motifs is 1. The van der Waals surface area contributed by atoms with Crippen LogP contribution >= 0.6 is 11.8 Å². The molecule has 1 aliphatic carbocycles. The molecule has 0 saturated carbocycles. The number of nitrogens with zero attached hydrogens (tertiary/aromatic N) is 5. The van der Waals surface area contributed by atoms with E-state index < -0.39 is 5.82 Å². The van der Waals surface area contributed by atoms with Crippen LogP contribution in [0, 0.1) is 22.6 Å². The van der Waals surface area contributed by atoms with Crippen molar-refractivity contribution in [2.24, 2.45) is 11.1 Å². The molecule has 1 aromatic carbocycles. The van der Waals surface area contributed by atoms with Gasteiger partial charge in [0.1, 0.15) is 11.1 Å². The van der Waals surface area contributed by atoms with Crippen molar-refractivity contribution in [1.82, 2.24) is 15.0 Å². The van der Waals surface area contributed by atoms with Crippen molar-refractivity contribution >= 4 is 29.2 Å². The lowest BCUT2D eigenvalue weighted by molar-refractivity contribution is 0.187. The van der Waals surface area contributed by atoms with E-state index in [0.29, 0.717) is 18.9 Å². The summed E-state index contributed by atoms with van der Waals surface area (Å²) in [6.45, 7) is 1.40. The third kappa shape index (κ3) is 3.63. The topological polar surface area (TPSA) is 144 Å². The number of nitrogen functional groups attached to an aromatic ring is 2. The maximum Gasteiger partial charge on any atom is 0.184 e. The molecule has 0 radical (unpaired) electrons. The predicted molar refractivity (Wildman–Crippen MR) is 125 cm³/mol. The second-order valence-electron chi connectivity index (χ2n) is 8.51. The summed E-state index contributed by atoms with van der Waals surface area (Å²) in [7, 11) is 0. The van der Waals surface area contributed by atoms with E-state index in [1.807, 2.05) is 11.0 Å². The third-order valence-corrected chi connectivity index (χ3v) is 7.74. The van der Waals surface area contributed by atoms with E-state index >= 15 is 0 Å². The zero-order valence-corrected chi connectivity index (χ0v) is 18.6. The minimum Gasteiger partial charge on any atom is -0.381 e. The van der Waals surface area contributed by atoms with Crippen LogP contribution in [0.5, 0.6) is 0 Å². The Balaban J connectivity index is 1.37. The fraction of sp³-hybridized carbons (Fsp3) is 0.304. The second kappa shape index (κ2) is 8.17. The first kappa shape index (κ1) is 21.4. The van der Waals surface area contributed by atoms with Gasteiger partial charge in [-0.05, 0) is 41.9 Å². The number of pyridine rings is 1. The lowest BCUT2D eigenvalue weighted by Gasteiger charge is -2.42. The van der Waals surface area contributed by atoms with Gasteiger partial charge >= 0.3 is 0 Å². The second-order valence-corrected chi connectivity index (χ2v) is 9.54. The predicted octanol–water partition coefficient (Wildman–Crippen LogP) is 3.04. The zero-order valence-electron chi connectivity index (χ0n) is 17.8. The highest BCUT2D eigenvalue weighted by Crippen LogP contribution is 2.51. The van der Waals surface area contributed by atoms with E-state index in [1.54, 1.807) is 0 Å². The van der Waals surface area contributed by atoms with Gasteiger partial charge in [0.15, 0.2) is 29.0 Å². The van der Waals surface area contributed by atoms with Crippen LogP contribution < -0.4 is 22.1 Å². The molecule has 6 N–H and O–H groups in total. The summed E-state index contributed by atoms with van der Waals surface area (Å²) in [4.78, 5) is 14.9. The normalized spacial score (nSPS) is 18.8. The molecule has 1 saturated heterocycles. The smallest absolute Gasteiger partial charge is 0.184 e. The molecule has 0 unspecified atom stereocenters. The lowest BCUT2D eigenvalue weighted by atomic mass is 9.73. The van der Waals surface area contributed by atoms with Crippen molar-refractivity contribution in [3.63, 3.8) is 0 Å². The molecule has 0 amide bonds. The SMILES string of the molecule is N#Cc1nc(Sc2ccnc(N)c2F)c(N)nc1N1CCC2(CC1)Cc1ccccc1[C@H]2N. The fourth-order valence-electron chi connectivity index (χ4n) is 4.89. The van der Waals surface area contributed by atoms with Crippen LogP contribution in [0.15, 0.2) is 46.5 Å². The number of hydrogen-bond acceptors (Lipinski definition) is 9. The third-order valence-electron chi connectivity index (χ3n) is 6.72. The maximum atomic E-state index is 14.3. The summed E-state index contributed by atoms with van der Waals surface area (Å²) in [5.74, 6) is -0.276. The van der Waals surface area contributed by atoms with Gasteiger partial charge in [0.25, 0.3) is 0 Å².